The van der Waals surface area contributed by atoms with Crippen molar-refractivity contribution in [2.45, 2.75) is 20.0 Å². The van der Waals surface area contributed by atoms with Gasteiger partial charge in [0, 0.05) is 17.1 Å². The second-order valence-corrected chi connectivity index (χ2v) is 4.96. The van der Waals surface area contributed by atoms with E-state index in [4.69, 9.17) is 0 Å². The van der Waals surface area contributed by atoms with Crippen molar-refractivity contribution in [3.8, 4) is 0 Å². The number of aromatic amines is 1. The highest BCUT2D eigenvalue weighted by atomic mass is 16.3. The van der Waals surface area contributed by atoms with Gasteiger partial charge in [0.2, 0.25) is 0 Å². The number of aliphatic hydroxyl groups excluding tert-OH is 1. The summed E-state index contributed by atoms with van der Waals surface area (Å²) in [6, 6.07) is 14.5. The minimum absolute atomic E-state index is 0.0882. The monoisotopic (exact) mass is 251 g/mol. The van der Waals surface area contributed by atoms with Crippen LogP contribution in [-0.4, -0.2) is 10.1 Å². The van der Waals surface area contributed by atoms with Crippen molar-refractivity contribution in [1.29, 1.82) is 0 Å². The first-order valence-electron chi connectivity index (χ1n) is 6.52. The Labute approximate surface area is 112 Å². The molecule has 0 atom stereocenters. The van der Waals surface area contributed by atoms with Crippen LogP contribution < -0.4 is 0 Å². The summed E-state index contributed by atoms with van der Waals surface area (Å²) in [5.41, 5.74) is 6.02. The van der Waals surface area contributed by atoms with Crippen LogP contribution in [0.3, 0.4) is 0 Å². The quantitative estimate of drug-likeness (QED) is 0.733. The van der Waals surface area contributed by atoms with Crippen molar-refractivity contribution < 1.29 is 5.11 Å². The summed E-state index contributed by atoms with van der Waals surface area (Å²) in [5.74, 6) is 0. The standard InChI is InChI=1S/C17H17NO/c1-12-4-2-3-5-14(12)9-15-10-18-17-7-6-13(11-19)8-16(15)17/h2-8,10,18-19H,9,11H2,1H3. The van der Waals surface area contributed by atoms with E-state index in [0.717, 1.165) is 17.5 Å². The third kappa shape index (κ3) is 2.27. The number of hydrogen-bond acceptors (Lipinski definition) is 1. The number of H-pyrrole nitrogens is 1. The molecule has 19 heavy (non-hydrogen) atoms. The molecule has 1 heterocycles. The predicted octanol–water partition coefficient (Wildman–Crippen LogP) is 3.56. The molecule has 0 radical (unpaired) electrons. The van der Waals surface area contributed by atoms with Gasteiger partial charge in [0.1, 0.15) is 0 Å². The molecule has 0 spiro atoms. The second-order valence-electron chi connectivity index (χ2n) is 4.96. The summed E-state index contributed by atoms with van der Waals surface area (Å²) in [4.78, 5) is 3.30. The number of rotatable bonds is 3. The number of nitrogens with one attached hydrogen (secondary N) is 1. The molecule has 0 aliphatic rings. The Hall–Kier alpha value is -2.06. The minimum Gasteiger partial charge on any atom is -0.392 e. The van der Waals surface area contributed by atoms with Crippen LogP contribution in [-0.2, 0) is 13.0 Å². The van der Waals surface area contributed by atoms with Gasteiger partial charge in [0.05, 0.1) is 6.61 Å². The van der Waals surface area contributed by atoms with Crippen molar-refractivity contribution in [2.24, 2.45) is 0 Å². The van der Waals surface area contributed by atoms with Crippen LogP contribution in [0.15, 0.2) is 48.7 Å². The fourth-order valence-electron chi connectivity index (χ4n) is 2.48. The first-order valence-corrected chi connectivity index (χ1v) is 6.52. The third-order valence-corrected chi connectivity index (χ3v) is 3.66. The van der Waals surface area contributed by atoms with Gasteiger partial charge in [0.15, 0.2) is 0 Å². The van der Waals surface area contributed by atoms with Crippen molar-refractivity contribution in [3.05, 3.63) is 70.9 Å². The zero-order valence-corrected chi connectivity index (χ0v) is 11.0. The molecule has 0 unspecified atom stereocenters. The van der Waals surface area contributed by atoms with Gasteiger partial charge < -0.3 is 10.1 Å². The molecule has 0 saturated carbocycles. The van der Waals surface area contributed by atoms with E-state index in [0.29, 0.717) is 0 Å². The van der Waals surface area contributed by atoms with Crippen molar-refractivity contribution >= 4 is 10.9 Å². The summed E-state index contributed by atoms with van der Waals surface area (Å²) in [7, 11) is 0. The zero-order chi connectivity index (χ0) is 13.2. The van der Waals surface area contributed by atoms with Crippen LogP contribution in [0.4, 0.5) is 0 Å². The Morgan fingerprint density at radius 2 is 1.89 bits per heavy atom. The van der Waals surface area contributed by atoms with Gasteiger partial charge in [-0.15, -0.1) is 0 Å². The molecular weight excluding hydrogens is 234 g/mol. The van der Waals surface area contributed by atoms with E-state index in [1.807, 2.05) is 12.1 Å². The fraction of sp³-hybridized carbons (Fsp3) is 0.176. The Balaban J connectivity index is 2.03. The lowest BCUT2D eigenvalue weighted by atomic mass is 9.99. The summed E-state index contributed by atoms with van der Waals surface area (Å²) >= 11 is 0. The molecule has 3 rings (SSSR count). The molecule has 0 aliphatic carbocycles. The first-order chi connectivity index (χ1) is 9.28. The van der Waals surface area contributed by atoms with E-state index < -0.39 is 0 Å². The lowest BCUT2D eigenvalue weighted by Crippen LogP contribution is -1.90. The van der Waals surface area contributed by atoms with Gasteiger partial charge in [-0.3, -0.25) is 0 Å². The highest BCUT2D eigenvalue weighted by Gasteiger charge is 2.06. The number of aliphatic hydroxyl groups is 1. The van der Waals surface area contributed by atoms with Gasteiger partial charge in [-0.05, 0) is 47.7 Å². The summed E-state index contributed by atoms with van der Waals surface area (Å²) in [6.07, 6.45) is 2.99. The van der Waals surface area contributed by atoms with E-state index in [1.165, 1.54) is 22.1 Å². The molecule has 2 nitrogen and oxygen atoms in total. The molecule has 2 heteroatoms. The van der Waals surface area contributed by atoms with E-state index in [2.05, 4.69) is 48.4 Å². The van der Waals surface area contributed by atoms with Gasteiger partial charge in [-0.1, -0.05) is 30.3 Å². The number of aryl methyl sites for hydroxylation is 1. The first kappa shape index (κ1) is 12.0. The number of benzene rings is 2. The lowest BCUT2D eigenvalue weighted by Gasteiger charge is -2.05. The molecule has 3 aromatic rings. The maximum atomic E-state index is 9.25. The fourth-order valence-corrected chi connectivity index (χ4v) is 2.48. The molecular formula is C17H17NO. The van der Waals surface area contributed by atoms with Crippen LogP contribution in [0, 0.1) is 6.92 Å². The van der Waals surface area contributed by atoms with Crippen LogP contribution in [0.2, 0.25) is 0 Å². The molecule has 0 saturated heterocycles. The average molecular weight is 251 g/mol. The maximum absolute atomic E-state index is 9.25. The van der Waals surface area contributed by atoms with E-state index >= 15 is 0 Å². The summed E-state index contributed by atoms with van der Waals surface area (Å²) < 4.78 is 0. The van der Waals surface area contributed by atoms with Crippen LogP contribution in [0.5, 0.6) is 0 Å². The smallest absolute Gasteiger partial charge is 0.0682 e. The Kier molecular flexibility index (Phi) is 3.10. The molecule has 0 bridgehead atoms. The summed E-state index contributed by atoms with van der Waals surface area (Å²) in [6.45, 7) is 2.23. The van der Waals surface area contributed by atoms with E-state index in [1.54, 1.807) is 0 Å². The molecule has 2 aromatic carbocycles. The average Bonchev–Trinajstić information content (AvgIpc) is 2.84. The minimum atomic E-state index is 0.0882. The summed E-state index contributed by atoms with van der Waals surface area (Å²) in [5, 5.41) is 10.5. The lowest BCUT2D eigenvalue weighted by molar-refractivity contribution is 0.282. The van der Waals surface area contributed by atoms with Gasteiger partial charge in [0.25, 0.3) is 0 Å². The number of aromatic nitrogens is 1. The topological polar surface area (TPSA) is 36.0 Å². The number of fused-ring (bicyclic) bond motifs is 1. The Morgan fingerprint density at radius 1 is 1.05 bits per heavy atom. The molecule has 96 valence electrons. The molecule has 0 amide bonds. The van der Waals surface area contributed by atoms with Crippen molar-refractivity contribution in [1.82, 2.24) is 4.98 Å². The largest absolute Gasteiger partial charge is 0.392 e. The zero-order valence-electron chi connectivity index (χ0n) is 11.0. The Morgan fingerprint density at radius 3 is 2.68 bits per heavy atom. The molecule has 0 fully saturated rings. The van der Waals surface area contributed by atoms with Gasteiger partial charge in [-0.25, -0.2) is 0 Å². The highest BCUT2D eigenvalue weighted by Crippen LogP contribution is 2.23. The normalized spacial score (nSPS) is 11.1. The molecule has 2 N–H and O–H groups in total. The SMILES string of the molecule is Cc1ccccc1Cc1c[nH]c2ccc(CO)cc12. The van der Waals surface area contributed by atoms with Crippen molar-refractivity contribution in [3.63, 3.8) is 0 Å². The predicted molar refractivity (Wildman–Crippen MR) is 78.2 cm³/mol. The van der Waals surface area contributed by atoms with Crippen LogP contribution in [0.25, 0.3) is 10.9 Å². The van der Waals surface area contributed by atoms with Crippen LogP contribution >= 0.6 is 0 Å². The highest BCUT2D eigenvalue weighted by molar-refractivity contribution is 5.84. The van der Waals surface area contributed by atoms with E-state index in [9.17, 15) is 5.11 Å². The van der Waals surface area contributed by atoms with Gasteiger partial charge >= 0.3 is 0 Å². The Bertz CT molecular complexity index is 712. The second kappa shape index (κ2) is 4.90. The number of hydrogen-bond donors (Lipinski definition) is 2. The molecule has 0 aliphatic heterocycles. The van der Waals surface area contributed by atoms with Crippen LogP contribution in [0.1, 0.15) is 22.3 Å². The van der Waals surface area contributed by atoms with Crippen molar-refractivity contribution in [2.75, 3.05) is 0 Å². The van der Waals surface area contributed by atoms with E-state index in [-0.39, 0.29) is 6.61 Å². The van der Waals surface area contributed by atoms with Gasteiger partial charge in [-0.2, -0.15) is 0 Å². The maximum Gasteiger partial charge on any atom is 0.0682 e. The molecule has 1 aromatic heterocycles. The third-order valence-electron chi connectivity index (χ3n) is 3.66.